The molecular weight excluding hydrogens is 245 g/mol. The van der Waals surface area contributed by atoms with Crippen molar-refractivity contribution in [2.45, 2.75) is 19.1 Å². The summed E-state index contributed by atoms with van der Waals surface area (Å²) in [5.41, 5.74) is 4.90. The molecule has 1 unspecified atom stereocenters. The van der Waals surface area contributed by atoms with E-state index in [-0.39, 0.29) is 11.3 Å². The quantitative estimate of drug-likeness (QED) is 0.898. The summed E-state index contributed by atoms with van der Waals surface area (Å²) in [5.74, 6) is 0.879. The van der Waals surface area contributed by atoms with E-state index in [4.69, 9.17) is 10.2 Å². The molecule has 0 saturated carbocycles. The predicted octanol–water partition coefficient (Wildman–Crippen LogP) is 3.05. The molecule has 2 aromatic heterocycles. The van der Waals surface area contributed by atoms with Crippen LogP contribution >= 0.6 is 0 Å². The lowest BCUT2D eigenvalue weighted by Gasteiger charge is -2.16. The fourth-order valence-electron chi connectivity index (χ4n) is 1.69. The maximum atomic E-state index is 12.8. The minimum atomic E-state index is -4.46. The first-order valence-corrected chi connectivity index (χ1v) is 5.22. The molecule has 0 bridgehead atoms. The molecular formula is C12H11F3N2O. The van der Waals surface area contributed by atoms with Crippen molar-refractivity contribution in [3.05, 3.63) is 53.2 Å². The van der Waals surface area contributed by atoms with Gasteiger partial charge in [0.05, 0.1) is 11.6 Å². The third-order valence-electron chi connectivity index (χ3n) is 2.56. The van der Waals surface area contributed by atoms with Crippen molar-refractivity contribution in [3.63, 3.8) is 0 Å². The molecule has 2 heterocycles. The van der Waals surface area contributed by atoms with Crippen molar-refractivity contribution in [2.24, 2.45) is 5.73 Å². The molecule has 96 valence electrons. The summed E-state index contributed by atoms with van der Waals surface area (Å²) in [6, 6.07) is 3.14. The molecule has 0 saturated heterocycles. The third kappa shape index (κ3) is 2.38. The van der Waals surface area contributed by atoms with Crippen molar-refractivity contribution < 1.29 is 17.6 Å². The van der Waals surface area contributed by atoms with Gasteiger partial charge in [-0.05, 0) is 25.1 Å². The van der Waals surface area contributed by atoms with Gasteiger partial charge in [0, 0.05) is 18.0 Å². The number of pyridine rings is 1. The van der Waals surface area contributed by atoms with Gasteiger partial charge >= 0.3 is 6.18 Å². The highest BCUT2D eigenvalue weighted by molar-refractivity contribution is 5.33. The van der Waals surface area contributed by atoms with Crippen LogP contribution in [0.5, 0.6) is 0 Å². The van der Waals surface area contributed by atoms with Gasteiger partial charge < -0.3 is 10.2 Å². The van der Waals surface area contributed by atoms with E-state index >= 15 is 0 Å². The lowest BCUT2D eigenvalue weighted by atomic mass is 10.0. The summed E-state index contributed by atoms with van der Waals surface area (Å²) in [5, 5.41) is 0. The molecule has 18 heavy (non-hydrogen) atoms. The lowest BCUT2D eigenvalue weighted by Crippen LogP contribution is -2.18. The number of furan rings is 1. The van der Waals surface area contributed by atoms with E-state index in [1.165, 1.54) is 0 Å². The first kappa shape index (κ1) is 12.6. The SMILES string of the molecule is Cc1ccc(C(N)c2cnccc2C(F)(F)F)o1. The Bertz CT molecular complexity index is 548. The molecule has 2 N–H and O–H groups in total. The maximum Gasteiger partial charge on any atom is 0.416 e. The second kappa shape index (κ2) is 4.45. The number of rotatable bonds is 2. The molecule has 6 heteroatoms. The molecule has 1 atom stereocenters. The number of aryl methyl sites for hydroxylation is 1. The zero-order valence-corrected chi connectivity index (χ0v) is 9.53. The second-order valence-corrected chi connectivity index (χ2v) is 3.89. The highest BCUT2D eigenvalue weighted by Gasteiger charge is 2.35. The summed E-state index contributed by atoms with van der Waals surface area (Å²) in [7, 11) is 0. The fraction of sp³-hybridized carbons (Fsp3) is 0.250. The van der Waals surface area contributed by atoms with Crippen LogP contribution in [0.25, 0.3) is 0 Å². The normalized spacial score (nSPS) is 13.6. The number of nitrogens with two attached hydrogens (primary N) is 1. The van der Waals surface area contributed by atoms with Gasteiger partial charge in [-0.2, -0.15) is 13.2 Å². The Kier molecular flexibility index (Phi) is 3.13. The van der Waals surface area contributed by atoms with E-state index in [0.717, 1.165) is 18.5 Å². The second-order valence-electron chi connectivity index (χ2n) is 3.89. The van der Waals surface area contributed by atoms with E-state index in [2.05, 4.69) is 4.98 Å². The third-order valence-corrected chi connectivity index (χ3v) is 2.56. The Hall–Kier alpha value is -1.82. The largest absolute Gasteiger partial charge is 0.464 e. The van der Waals surface area contributed by atoms with E-state index in [1.807, 2.05) is 0 Å². The number of alkyl halides is 3. The number of halogens is 3. The molecule has 0 aliphatic heterocycles. The zero-order valence-electron chi connectivity index (χ0n) is 9.53. The number of aromatic nitrogens is 1. The Balaban J connectivity index is 2.45. The standard InChI is InChI=1S/C12H11F3N2O/c1-7-2-3-10(18-7)11(16)8-6-17-5-4-9(8)12(13,14)15/h2-6,11H,16H2,1H3. The summed E-state index contributed by atoms with van der Waals surface area (Å²) >= 11 is 0. The molecule has 0 radical (unpaired) electrons. The lowest BCUT2D eigenvalue weighted by molar-refractivity contribution is -0.138. The van der Waals surface area contributed by atoms with Gasteiger partial charge in [0.25, 0.3) is 0 Å². The first-order valence-electron chi connectivity index (χ1n) is 5.22. The van der Waals surface area contributed by atoms with Crippen molar-refractivity contribution in [2.75, 3.05) is 0 Å². The Morgan fingerprint density at radius 2 is 2.00 bits per heavy atom. The van der Waals surface area contributed by atoms with Crippen LogP contribution in [0.15, 0.2) is 35.0 Å². The van der Waals surface area contributed by atoms with Crippen LogP contribution in [-0.4, -0.2) is 4.98 Å². The van der Waals surface area contributed by atoms with E-state index < -0.39 is 17.8 Å². The monoisotopic (exact) mass is 256 g/mol. The smallest absolute Gasteiger partial charge is 0.416 e. The van der Waals surface area contributed by atoms with E-state index in [0.29, 0.717) is 5.76 Å². The van der Waals surface area contributed by atoms with Crippen LogP contribution in [0.2, 0.25) is 0 Å². The maximum absolute atomic E-state index is 12.8. The van der Waals surface area contributed by atoms with Gasteiger partial charge in [-0.15, -0.1) is 0 Å². The molecule has 0 aliphatic carbocycles. The minimum absolute atomic E-state index is 0.0978. The summed E-state index contributed by atoms with van der Waals surface area (Å²) in [6.07, 6.45) is -2.25. The average Bonchev–Trinajstić information content (AvgIpc) is 2.74. The fourth-order valence-corrected chi connectivity index (χ4v) is 1.69. The molecule has 0 spiro atoms. The average molecular weight is 256 g/mol. The predicted molar refractivity (Wildman–Crippen MR) is 58.7 cm³/mol. The Morgan fingerprint density at radius 1 is 1.28 bits per heavy atom. The summed E-state index contributed by atoms with van der Waals surface area (Å²) in [6.45, 7) is 1.70. The van der Waals surface area contributed by atoms with Crippen molar-refractivity contribution >= 4 is 0 Å². The molecule has 0 amide bonds. The summed E-state index contributed by atoms with van der Waals surface area (Å²) < 4.78 is 43.7. The van der Waals surface area contributed by atoms with Crippen LogP contribution in [-0.2, 0) is 6.18 Å². The summed E-state index contributed by atoms with van der Waals surface area (Å²) in [4.78, 5) is 3.69. The van der Waals surface area contributed by atoms with Gasteiger partial charge in [-0.1, -0.05) is 0 Å². The number of hydrogen-bond donors (Lipinski definition) is 1. The molecule has 0 fully saturated rings. The highest BCUT2D eigenvalue weighted by atomic mass is 19.4. The highest BCUT2D eigenvalue weighted by Crippen LogP contribution is 2.35. The first-order chi connectivity index (χ1) is 8.39. The topological polar surface area (TPSA) is 52.0 Å². The van der Waals surface area contributed by atoms with E-state index in [9.17, 15) is 13.2 Å². The molecule has 3 nitrogen and oxygen atoms in total. The Morgan fingerprint density at radius 3 is 2.56 bits per heavy atom. The zero-order chi connectivity index (χ0) is 13.3. The van der Waals surface area contributed by atoms with Crippen molar-refractivity contribution in [3.8, 4) is 0 Å². The van der Waals surface area contributed by atoms with Crippen molar-refractivity contribution in [1.29, 1.82) is 0 Å². The van der Waals surface area contributed by atoms with Crippen LogP contribution in [0.1, 0.15) is 28.7 Å². The molecule has 2 rings (SSSR count). The van der Waals surface area contributed by atoms with E-state index in [1.54, 1.807) is 19.1 Å². The number of nitrogens with zero attached hydrogens (tertiary/aromatic N) is 1. The number of hydrogen-bond acceptors (Lipinski definition) is 3. The molecule has 2 aromatic rings. The van der Waals surface area contributed by atoms with Crippen LogP contribution in [0.3, 0.4) is 0 Å². The van der Waals surface area contributed by atoms with Gasteiger partial charge in [-0.25, -0.2) is 0 Å². The van der Waals surface area contributed by atoms with Crippen LogP contribution < -0.4 is 5.73 Å². The minimum Gasteiger partial charge on any atom is -0.464 e. The molecule has 0 aromatic carbocycles. The van der Waals surface area contributed by atoms with Gasteiger partial charge in [0.1, 0.15) is 11.5 Å². The van der Waals surface area contributed by atoms with Crippen LogP contribution in [0, 0.1) is 6.92 Å². The van der Waals surface area contributed by atoms with Crippen molar-refractivity contribution in [1.82, 2.24) is 4.98 Å². The Labute approximate surface area is 101 Å². The van der Waals surface area contributed by atoms with Gasteiger partial charge in [-0.3, -0.25) is 4.98 Å². The van der Waals surface area contributed by atoms with Gasteiger partial charge in [0.15, 0.2) is 0 Å². The molecule has 0 aliphatic rings. The van der Waals surface area contributed by atoms with Crippen LogP contribution in [0.4, 0.5) is 13.2 Å². The van der Waals surface area contributed by atoms with Gasteiger partial charge in [0.2, 0.25) is 0 Å².